The molecule has 2 fully saturated rings. The van der Waals surface area contributed by atoms with Crippen LogP contribution in [0.5, 0.6) is 0 Å². The maximum atomic E-state index is 4.36. The lowest BCUT2D eigenvalue weighted by molar-refractivity contribution is 0.125. The second kappa shape index (κ2) is 9.22. The number of likely N-dealkylation sites (tertiary alicyclic amines) is 1. The number of guanidine groups is 1. The van der Waals surface area contributed by atoms with Crippen LogP contribution < -0.4 is 10.6 Å². The van der Waals surface area contributed by atoms with Gasteiger partial charge >= 0.3 is 0 Å². The monoisotopic (exact) mass is 448 g/mol. The van der Waals surface area contributed by atoms with Gasteiger partial charge in [0.1, 0.15) is 0 Å². The summed E-state index contributed by atoms with van der Waals surface area (Å²) in [4.78, 5) is 8.37. The molecule has 2 aliphatic rings. The van der Waals surface area contributed by atoms with Crippen molar-refractivity contribution in [3.05, 3.63) is 22.4 Å². The summed E-state index contributed by atoms with van der Waals surface area (Å²) < 4.78 is 0. The van der Waals surface area contributed by atoms with Crippen LogP contribution in [0.2, 0.25) is 0 Å². The fourth-order valence-electron chi connectivity index (χ4n) is 3.39. The molecule has 0 amide bonds. The molecule has 2 unspecified atom stereocenters. The Bertz CT molecular complexity index is 487. The number of nitrogens with zero attached hydrogens (tertiary/aromatic N) is 2. The third kappa shape index (κ3) is 5.32. The molecule has 3 rings (SSSR count). The molecule has 0 aromatic carbocycles. The predicted molar refractivity (Wildman–Crippen MR) is 110 cm³/mol. The molecule has 1 saturated heterocycles. The van der Waals surface area contributed by atoms with Crippen LogP contribution in [-0.4, -0.2) is 44.6 Å². The largest absolute Gasteiger partial charge is 0.356 e. The van der Waals surface area contributed by atoms with Crippen LogP contribution in [0, 0.1) is 11.8 Å². The van der Waals surface area contributed by atoms with E-state index in [9.17, 15) is 0 Å². The van der Waals surface area contributed by atoms with Gasteiger partial charge in [-0.2, -0.15) is 0 Å². The molecule has 1 aromatic rings. The van der Waals surface area contributed by atoms with Crippen LogP contribution in [0.3, 0.4) is 0 Å². The van der Waals surface area contributed by atoms with Gasteiger partial charge in [0.2, 0.25) is 0 Å². The topological polar surface area (TPSA) is 39.7 Å². The zero-order chi connectivity index (χ0) is 15.4. The van der Waals surface area contributed by atoms with Gasteiger partial charge in [-0.25, -0.2) is 0 Å². The molecule has 2 N–H and O–H groups in total. The van der Waals surface area contributed by atoms with Crippen molar-refractivity contribution in [3.8, 4) is 0 Å². The lowest BCUT2D eigenvalue weighted by Gasteiger charge is -2.39. The Balaban J connectivity index is 0.00000192. The van der Waals surface area contributed by atoms with E-state index in [1.165, 1.54) is 37.1 Å². The number of piperidine rings is 1. The van der Waals surface area contributed by atoms with Gasteiger partial charge in [-0.1, -0.05) is 6.07 Å². The summed E-state index contributed by atoms with van der Waals surface area (Å²) >= 11 is 1.88. The van der Waals surface area contributed by atoms with Gasteiger partial charge in [0, 0.05) is 31.1 Å². The lowest BCUT2D eigenvalue weighted by atomic mass is 9.88. The Morgan fingerprint density at radius 3 is 2.74 bits per heavy atom. The molecular weight excluding hydrogens is 419 g/mol. The molecule has 1 aliphatic heterocycles. The molecule has 1 aromatic heterocycles. The number of rotatable bonds is 5. The van der Waals surface area contributed by atoms with Gasteiger partial charge in [-0.05, 0) is 62.6 Å². The number of hydrogen-bond acceptors (Lipinski definition) is 3. The van der Waals surface area contributed by atoms with E-state index in [1.807, 2.05) is 18.4 Å². The summed E-state index contributed by atoms with van der Waals surface area (Å²) in [5, 5.41) is 9.20. The number of aliphatic imine (C=N–C) groups is 1. The number of halogens is 1. The Morgan fingerprint density at radius 2 is 2.09 bits per heavy atom. The highest BCUT2D eigenvalue weighted by Gasteiger charge is 2.31. The summed E-state index contributed by atoms with van der Waals surface area (Å²) in [5.74, 6) is 2.49. The van der Waals surface area contributed by atoms with Crippen molar-refractivity contribution in [2.45, 2.75) is 31.7 Å². The maximum absolute atomic E-state index is 4.36. The standard InChI is InChI=1S/C17H28N4S.HI/c1-18-17(19-11-13-7-8-13)20-12-14-5-3-9-21(2)16(14)15-6-4-10-22-15;/h4,6,10,13-14,16H,3,5,7-9,11-12H2,1-2H3,(H2,18,19,20);1H. The van der Waals surface area contributed by atoms with Gasteiger partial charge in [-0.3, -0.25) is 9.89 Å². The summed E-state index contributed by atoms with van der Waals surface area (Å²) in [6.45, 7) is 3.27. The van der Waals surface area contributed by atoms with Crippen molar-refractivity contribution in [1.29, 1.82) is 0 Å². The van der Waals surface area contributed by atoms with Crippen molar-refractivity contribution in [3.63, 3.8) is 0 Å². The quantitative estimate of drug-likeness (QED) is 0.413. The van der Waals surface area contributed by atoms with E-state index in [1.54, 1.807) is 0 Å². The molecule has 1 aliphatic carbocycles. The second-order valence-electron chi connectivity index (χ2n) is 6.62. The number of hydrogen-bond donors (Lipinski definition) is 2. The smallest absolute Gasteiger partial charge is 0.190 e. The van der Waals surface area contributed by atoms with E-state index in [0.29, 0.717) is 12.0 Å². The zero-order valence-electron chi connectivity index (χ0n) is 14.1. The lowest BCUT2D eigenvalue weighted by Crippen LogP contribution is -2.45. The van der Waals surface area contributed by atoms with E-state index in [-0.39, 0.29) is 24.0 Å². The van der Waals surface area contributed by atoms with Crippen molar-refractivity contribution in [1.82, 2.24) is 15.5 Å². The van der Waals surface area contributed by atoms with E-state index in [0.717, 1.165) is 25.0 Å². The minimum Gasteiger partial charge on any atom is -0.356 e. The molecular formula is C17H29IN4S. The summed E-state index contributed by atoms with van der Waals surface area (Å²) in [5.41, 5.74) is 0. The van der Waals surface area contributed by atoms with Crippen molar-refractivity contribution >= 4 is 41.3 Å². The van der Waals surface area contributed by atoms with Crippen LogP contribution in [0.15, 0.2) is 22.5 Å². The van der Waals surface area contributed by atoms with Gasteiger partial charge < -0.3 is 10.6 Å². The van der Waals surface area contributed by atoms with Crippen LogP contribution in [0.25, 0.3) is 0 Å². The summed E-state index contributed by atoms with van der Waals surface area (Å²) in [6, 6.07) is 5.00. The molecule has 23 heavy (non-hydrogen) atoms. The average Bonchev–Trinajstić information content (AvgIpc) is 3.20. The van der Waals surface area contributed by atoms with Gasteiger partial charge in [0.05, 0.1) is 0 Å². The van der Waals surface area contributed by atoms with Crippen LogP contribution in [0.1, 0.15) is 36.6 Å². The molecule has 0 radical (unpaired) electrons. The maximum Gasteiger partial charge on any atom is 0.190 e. The van der Waals surface area contributed by atoms with E-state index in [4.69, 9.17) is 0 Å². The fourth-order valence-corrected chi connectivity index (χ4v) is 4.38. The Labute approximate surface area is 161 Å². The fraction of sp³-hybridized carbons (Fsp3) is 0.706. The van der Waals surface area contributed by atoms with Crippen LogP contribution >= 0.6 is 35.3 Å². The first-order valence-electron chi connectivity index (χ1n) is 8.46. The Morgan fingerprint density at radius 1 is 1.30 bits per heavy atom. The molecule has 6 heteroatoms. The Kier molecular flexibility index (Phi) is 7.62. The van der Waals surface area contributed by atoms with E-state index in [2.05, 4.69) is 45.1 Å². The highest BCUT2D eigenvalue weighted by molar-refractivity contribution is 14.0. The molecule has 0 bridgehead atoms. The molecule has 2 heterocycles. The van der Waals surface area contributed by atoms with Crippen LogP contribution in [0.4, 0.5) is 0 Å². The first-order chi connectivity index (χ1) is 10.8. The highest BCUT2D eigenvalue weighted by atomic mass is 127. The molecule has 1 saturated carbocycles. The SMILES string of the molecule is CN=C(NCC1CC1)NCC1CCCN(C)C1c1cccs1.I. The van der Waals surface area contributed by atoms with Crippen LogP contribution in [-0.2, 0) is 0 Å². The van der Waals surface area contributed by atoms with E-state index < -0.39 is 0 Å². The molecule has 130 valence electrons. The minimum absolute atomic E-state index is 0. The molecule has 2 atom stereocenters. The third-order valence-corrected chi connectivity index (χ3v) is 5.80. The minimum atomic E-state index is 0. The normalized spacial score (nSPS) is 25.7. The predicted octanol–water partition coefficient (Wildman–Crippen LogP) is 3.32. The van der Waals surface area contributed by atoms with Gasteiger partial charge in [0.25, 0.3) is 0 Å². The third-order valence-electron chi connectivity index (χ3n) is 4.85. The number of nitrogens with one attached hydrogen (secondary N) is 2. The summed E-state index contributed by atoms with van der Waals surface area (Å²) in [6.07, 6.45) is 5.33. The first kappa shape index (κ1) is 19.0. The summed E-state index contributed by atoms with van der Waals surface area (Å²) in [7, 11) is 4.13. The van der Waals surface area contributed by atoms with Crippen molar-refractivity contribution < 1.29 is 0 Å². The van der Waals surface area contributed by atoms with Gasteiger partial charge in [-0.15, -0.1) is 35.3 Å². The van der Waals surface area contributed by atoms with E-state index >= 15 is 0 Å². The second-order valence-corrected chi connectivity index (χ2v) is 7.60. The molecule has 4 nitrogen and oxygen atoms in total. The molecule has 0 spiro atoms. The first-order valence-corrected chi connectivity index (χ1v) is 9.34. The van der Waals surface area contributed by atoms with Crippen molar-refractivity contribution in [2.24, 2.45) is 16.8 Å². The Hall–Kier alpha value is -0.340. The average molecular weight is 448 g/mol. The zero-order valence-corrected chi connectivity index (χ0v) is 17.3. The highest BCUT2D eigenvalue weighted by Crippen LogP contribution is 2.36. The van der Waals surface area contributed by atoms with Gasteiger partial charge in [0.15, 0.2) is 5.96 Å². The number of thiophene rings is 1. The van der Waals surface area contributed by atoms with Crippen molar-refractivity contribution in [2.75, 3.05) is 33.7 Å².